The minimum absolute atomic E-state index is 0.0782. The predicted octanol–water partition coefficient (Wildman–Crippen LogP) is 17.0. The summed E-state index contributed by atoms with van der Waals surface area (Å²) in [6.07, 6.45) is 73.4. The molecule has 0 aliphatic heterocycles. The van der Waals surface area contributed by atoms with Crippen molar-refractivity contribution in [1.29, 1.82) is 0 Å². The fourth-order valence-electron chi connectivity index (χ4n) is 7.63. The van der Waals surface area contributed by atoms with Crippen LogP contribution in [0, 0.1) is 0 Å². The van der Waals surface area contributed by atoms with Crippen LogP contribution in [0.5, 0.6) is 0 Å². The molecular weight excluding hydrogens is 735 g/mol. The molecule has 0 fully saturated rings. The Kier molecular flexibility index (Phi) is 49.3. The van der Waals surface area contributed by atoms with E-state index < -0.39 is 12.1 Å². The molecule has 3 N–H and O–H groups in total. The lowest BCUT2D eigenvalue weighted by Gasteiger charge is -2.19. The van der Waals surface area contributed by atoms with E-state index >= 15 is 0 Å². The van der Waals surface area contributed by atoms with Crippen LogP contribution in [0.15, 0.2) is 72.9 Å². The number of rotatable bonds is 47. The number of nitrogens with one attached hydrogen (secondary N) is 1. The van der Waals surface area contributed by atoms with Crippen molar-refractivity contribution in [2.24, 2.45) is 0 Å². The van der Waals surface area contributed by atoms with Crippen LogP contribution in [0.1, 0.15) is 258 Å². The van der Waals surface area contributed by atoms with Crippen LogP contribution in [-0.2, 0) is 4.79 Å². The lowest BCUT2D eigenvalue weighted by molar-refractivity contribution is -0.123. The highest BCUT2D eigenvalue weighted by Crippen LogP contribution is 2.16. The van der Waals surface area contributed by atoms with Crippen molar-refractivity contribution in [3.8, 4) is 0 Å². The number of hydrogen-bond acceptors (Lipinski definition) is 3. The number of carbonyl (C=O) groups excluding carboxylic acids is 1. The summed E-state index contributed by atoms with van der Waals surface area (Å²) in [7, 11) is 0. The molecule has 0 heterocycles. The van der Waals surface area contributed by atoms with Crippen molar-refractivity contribution in [3.63, 3.8) is 0 Å². The van der Waals surface area contributed by atoms with Crippen molar-refractivity contribution in [2.75, 3.05) is 6.61 Å². The SMILES string of the molecule is CCCCC/C=C/CC/C=C/CC/C=C/C(O)C(CO)NC(=O)CCCCCCCCCCCCCCCCCCCCCC/C=C\C/C=C\C/C=C\CCCCCCC. The third-order valence-electron chi connectivity index (χ3n) is 11.6. The first kappa shape index (κ1) is 57.8. The first-order valence-electron chi connectivity index (χ1n) is 26.2. The maximum Gasteiger partial charge on any atom is 0.220 e. The zero-order valence-corrected chi connectivity index (χ0v) is 40.0. The van der Waals surface area contributed by atoms with Gasteiger partial charge in [-0.25, -0.2) is 0 Å². The number of allylic oxidation sites excluding steroid dienone is 11. The summed E-state index contributed by atoms with van der Waals surface area (Å²) in [4.78, 5) is 12.4. The summed E-state index contributed by atoms with van der Waals surface area (Å²) < 4.78 is 0. The van der Waals surface area contributed by atoms with Gasteiger partial charge in [0.2, 0.25) is 5.91 Å². The van der Waals surface area contributed by atoms with E-state index in [1.807, 2.05) is 6.08 Å². The van der Waals surface area contributed by atoms with Gasteiger partial charge >= 0.3 is 0 Å². The Morgan fingerprint density at radius 3 is 1.12 bits per heavy atom. The van der Waals surface area contributed by atoms with Crippen molar-refractivity contribution in [3.05, 3.63) is 72.9 Å². The fourth-order valence-corrected chi connectivity index (χ4v) is 7.63. The van der Waals surface area contributed by atoms with Gasteiger partial charge in [0.1, 0.15) is 0 Å². The van der Waals surface area contributed by atoms with Gasteiger partial charge in [0, 0.05) is 6.42 Å². The van der Waals surface area contributed by atoms with Gasteiger partial charge in [-0.1, -0.05) is 241 Å². The molecule has 0 bridgehead atoms. The summed E-state index contributed by atoms with van der Waals surface area (Å²) in [6, 6.07) is -0.646. The highest BCUT2D eigenvalue weighted by atomic mass is 16.3. The number of hydrogen-bond donors (Lipinski definition) is 3. The van der Waals surface area contributed by atoms with Crippen LogP contribution in [0.2, 0.25) is 0 Å². The van der Waals surface area contributed by atoms with Crippen LogP contribution in [0.3, 0.4) is 0 Å². The second kappa shape index (κ2) is 51.2. The van der Waals surface area contributed by atoms with E-state index in [0.717, 1.165) is 51.4 Å². The lowest BCUT2D eigenvalue weighted by Crippen LogP contribution is -2.45. The van der Waals surface area contributed by atoms with E-state index in [0.29, 0.717) is 6.42 Å². The van der Waals surface area contributed by atoms with E-state index in [1.165, 1.54) is 186 Å². The van der Waals surface area contributed by atoms with Gasteiger partial charge in [0.25, 0.3) is 0 Å². The largest absolute Gasteiger partial charge is 0.394 e. The van der Waals surface area contributed by atoms with Crippen LogP contribution in [0.25, 0.3) is 0 Å². The van der Waals surface area contributed by atoms with Gasteiger partial charge in [-0.05, 0) is 83.5 Å². The van der Waals surface area contributed by atoms with E-state index in [9.17, 15) is 15.0 Å². The molecule has 2 atom stereocenters. The Hall–Kier alpha value is -2.17. The Morgan fingerprint density at radius 1 is 0.400 bits per heavy atom. The van der Waals surface area contributed by atoms with Gasteiger partial charge in [-0.2, -0.15) is 0 Å². The molecule has 0 spiro atoms. The quantitative estimate of drug-likeness (QED) is 0.0422. The molecule has 4 nitrogen and oxygen atoms in total. The summed E-state index contributed by atoms with van der Waals surface area (Å²) in [5.41, 5.74) is 0. The first-order chi connectivity index (χ1) is 29.7. The van der Waals surface area contributed by atoms with Crippen LogP contribution in [0.4, 0.5) is 0 Å². The molecule has 0 aromatic rings. The maximum atomic E-state index is 12.4. The lowest BCUT2D eigenvalue weighted by atomic mass is 10.0. The molecule has 0 aliphatic carbocycles. The van der Waals surface area contributed by atoms with Gasteiger partial charge in [-0.15, -0.1) is 0 Å². The van der Waals surface area contributed by atoms with Crippen LogP contribution < -0.4 is 5.32 Å². The first-order valence-corrected chi connectivity index (χ1v) is 26.2. The fraction of sp³-hybridized carbons (Fsp3) is 0.768. The number of carbonyl (C=O) groups is 1. The molecule has 2 unspecified atom stereocenters. The average molecular weight is 836 g/mol. The maximum absolute atomic E-state index is 12.4. The van der Waals surface area contributed by atoms with Crippen LogP contribution >= 0.6 is 0 Å². The number of unbranched alkanes of at least 4 members (excludes halogenated alkanes) is 30. The van der Waals surface area contributed by atoms with Crippen molar-refractivity contribution >= 4 is 5.91 Å². The molecule has 0 aromatic carbocycles. The van der Waals surface area contributed by atoms with Gasteiger partial charge < -0.3 is 15.5 Å². The van der Waals surface area contributed by atoms with Crippen molar-refractivity contribution in [2.45, 2.75) is 270 Å². The van der Waals surface area contributed by atoms with E-state index in [2.05, 4.69) is 79.9 Å². The second-order valence-electron chi connectivity index (χ2n) is 17.6. The molecule has 60 heavy (non-hydrogen) atoms. The molecule has 0 aliphatic rings. The standard InChI is InChI=1S/C56H101NO3/c1-3-5-7-9-11-13-15-17-18-19-20-21-22-23-24-25-26-27-28-29-30-31-32-33-34-35-36-37-38-40-42-44-46-48-50-52-56(60)57-54(53-58)55(59)51-49-47-45-43-41-39-16-14-12-10-8-6-4-2/h12,14-15,17,19-20,22-23,41,43,49,51,54-55,58-59H,3-11,13,16,18,21,24-40,42,44-48,50,52-53H2,1-2H3,(H,57,60)/b14-12+,17-15-,20-19-,23-22-,43-41+,51-49+. The normalized spacial score (nSPS) is 13.5. The van der Waals surface area contributed by atoms with Crippen molar-refractivity contribution < 1.29 is 15.0 Å². The molecule has 0 saturated heterocycles. The third kappa shape index (κ3) is 46.9. The summed E-state index contributed by atoms with van der Waals surface area (Å²) in [5, 5.41) is 23.0. The molecule has 0 radical (unpaired) electrons. The Morgan fingerprint density at radius 2 is 0.700 bits per heavy atom. The summed E-state index contributed by atoms with van der Waals surface area (Å²) in [5.74, 6) is -0.0782. The number of aliphatic hydroxyl groups excluding tert-OH is 2. The van der Waals surface area contributed by atoms with E-state index in [4.69, 9.17) is 0 Å². The topological polar surface area (TPSA) is 69.6 Å². The third-order valence-corrected chi connectivity index (χ3v) is 11.6. The Balaban J connectivity index is 3.47. The van der Waals surface area contributed by atoms with Gasteiger partial charge in [0.15, 0.2) is 0 Å². The minimum atomic E-state index is -0.870. The second-order valence-corrected chi connectivity index (χ2v) is 17.6. The van der Waals surface area contributed by atoms with Crippen LogP contribution in [-0.4, -0.2) is 34.9 Å². The molecule has 348 valence electrons. The summed E-state index contributed by atoms with van der Waals surface area (Å²) in [6.45, 7) is 4.25. The molecular formula is C56H101NO3. The number of amides is 1. The smallest absolute Gasteiger partial charge is 0.220 e. The van der Waals surface area contributed by atoms with Gasteiger partial charge in [-0.3, -0.25) is 4.79 Å². The zero-order valence-electron chi connectivity index (χ0n) is 40.0. The van der Waals surface area contributed by atoms with E-state index in [1.54, 1.807) is 6.08 Å². The van der Waals surface area contributed by atoms with E-state index in [-0.39, 0.29) is 12.5 Å². The zero-order chi connectivity index (χ0) is 43.5. The molecule has 0 aromatic heterocycles. The molecule has 1 amide bonds. The molecule has 0 rings (SSSR count). The predicted molar refractivity (Wildman–Crippen MR) is 267 cm³/mol. The highest BCUT2D eigenvalue weighted by molar-refractivity contribution is 5.76. The van der Waals surface area contributed by atoms with Gasteiger partial charge in [0.05, 0.1) is 18.8 Å². The molecule has 4 heteroatoms. The Bertz CT molecular complexity index is 1040. The molecule has 0 saturated carbocycles. The average Bonchev–Trinajstić information content (AvgIpc) is 3.25. The number of aliphatic hydroxyl groups is 2. The highest BCUT2D eigenvalue weighted by Gasteiger charge is 2.17. The Labute approximate surface area is 374 Å². The monoisotopic (exact) mass is 836 g/mol. The van der Waals surface area contributed by atoms with Crippen molar-refractivity contribution in [1.82, 2.24) is 5.32 Å². The minimum Gasteiger partial charge on any atom is -0.394 e. The summed E-state index contributed by atoms with van der Waals surface area (Å²) >= 11 is 0.